The lowest BCUT2D eigenvalue weighted by atomic mass is 9.96. The third-order valence-electron chi connectivity index (χ3n) is 4.66. The first-order chi connectivity index (χ1) is 14.0. The fourth-order valence-electron chi connectivity index (χ4n) is 2.92. The van der Waals surface area contributed by atoms with Gasteiger partial charge in [-0.05, 0) is 31.9 Å². The van der Waals surface area contributed by atoms with E-state index in [9.17, 15) is 9.90 Å². The number of aliphatic imine (C=N–C) groups is 1. The molecule has 0 heterocycles. The molecule has 1 amide bonds. The van der Waals surface area contributed by atoms with Gasteiger partial charge in [0.2, 0.25) is 5.91 Å². The third kappa shape index (κ3) is 7.23. The van der Waals surface area contributed by atoms with Crippen molar-refractivity contribution in [1.29, 1.82) is 0 Å². The summed E-state index contributed by atoms with van der Waals surface area (Å²) in [6.45, 7) is 7.85. The Balaban J connectivity index is 1.97. The van der Waals surface area contributed by atoms with Gasteiger partial charge in [-0.3, -0.25) is 4.79 Å². The fourth-order valence-corrected chi connectivity index (χ4v) is 2.92. The van der Waals surface area contributed by atoms with Crippen LogP contribution in [-0.4, -0.2) is 48.1 Å². The van der Waals surface area contributed by atoms with E-state index in [4.69, 9.17) is 0 Å². The highest BCUT2D eigenvalue weighted by Gasteiger charge is 2.23. The van der Waals surface area contributed by atoms with E-state index in [1.165, 1.54) is 0 Å². The van der Waals surface area contributed by atoms with Gasteiger partial charge in [-0.25, -0.2) is 4.99 Å². The van der Waals surface area contributed by atoms with E-state index >= 15 is 0 Å². The average molecular weight is 397 g/mol. The number of hydrogen-bond donors (Lipinski definition) is 3. The number of carbonyl (C=O) groups is 1. The summed E-state index contributed by atoms with van der Waals surface area (Å²) in [7, 11) is 0. The predicted octanol–water partition coefficient (Wildman–Crippen LogP) is 2.50. The Morgan fingerprint density at radius 1 is 1.03 bits per heavy atom. The zero-order valence-electron chi connectivity index (χ0n) is 17.6. The van der Waals surface area contributed by atoms with Crippen LogP contribution >= 0.6 is 0 Å². The van der Waals surface area contributed by atoms with Crippen molar-refractivity contribution >= 4 is 11.9 Å². The minimum Gasteiger partial charge on any atom is -0.384 e. The van der Waals surface area contributed by atoms with Crippen molar-refractivity contribution < 1.29 is 9.90 Å². The van der Waals surface area contributed by atoms with Crippen LogP contribution in [0.3, 0.4) is 0 Å². The summed E-state index contributed by atoms with van der Waals surface area (Å²) < 4.78 is 0. The molecule has 0 spiro atoms. The standard InChI is InChI=1S/C23H32N4O2/c1-4-24-22(26-18-23(3,29)20-14-10-7-11-15-20)25-16-21(28)27(5-2)17-19-12-8-6-9-13-19/h6-15,29H,4-5,16-18H2,1-3H3,(H2,24,25,26). The van der Waals surface area contributed by atoms with Crippen molar-refractivity contribution in [2.24, 2.45) is 4.99 Å². The van der Waals surface area contributed by atoms with Crippen LogP contribution in [0.15, 0.2) is 65.7 Å². The van der Waals surface area contributed by atoms with Crippen molar-refractivity contribution in [2.45, 2.75) is 32.9 Å². The van der Waals surface area contributed by atoms with Crippen molar-refractivity contribution in [3.8, 4) is 0 Å². The van der Waals surface area contributed by atoms with Gasteiger partial charge >= 0.3 is 0 Å². The number of rotatable bonds is 9. The predicted molar refractivity (Wildman–Crippen MR) is 118 cm³/mol. The highest BCUT2D eigenvalue weighted by Crippen LogP contribution is 2.18. The van der Waals surface area contributed by atoms with E-state index in [0.29, 0.717) is 25.6 Å². The first-order valence-electron chi connectivity index (χ1n) is 10.1. The van der Waals surface area contributed by atoms with Gasteiger partial charge < -0.3 is 20.6 Å². The molecule has 0 aliphatic rings. The molecule has 0 saturated carbocycles. The molecule has 0 fully saturated rings. The van der Waals surface area contributed by atoms with E-state index in [1.807, 2.05) is 74.5 Å². The van der Waals surface area contributed by atoms with Gasteiger partial charge in [0.1, 0.15) is 12.1 Å². The number of amides is 1. The summed E-state index contributed by atoms with van der Waals surface area (Å²) >= 11 is 0. The summed E-state index contributed by atoms with van der Waals surface area (Å²) in [6.07, 6.45) is 0. The van der Waals surface area contributed by atoms with Gasteiger partial charge in [0, 0.05) is 19.6 Å². The Bertz CT molecular complexity index is 776. The lowest BCUT2D eigenvalue weighted by Gasteiger charge is -2.25. The van der Waals surface area contributed by atoms with Crippen LogP contribution in [0.2, 0.25) is 0 Å². The number of likely N-dealkylation sites (N-methyl/N-ethyl adjacent to an activating group) is 1. The lowest BCUT2D eigenvalue weighted by molar-refractivity contribution is -0.130. The van der Waals surface area contributed by atoms with Gasteiger partial charge in [0.25, 0.3) is 0 Å². The number of nitrogens with zero attached hydrogens (tertiary/aromatic N) is 2. The molecule has 0 aliphatic carbocycles. The molecule has 0 saturated heterocycles. The van der Waals surface area contributed by atoms with Crippen LogP contribution in [0.5, 0.6) is 0 Å². The Kier molecular flexibility index (Phi) is 8.68. The quantitative estimate of drug-likeness (QED) is 0.450. The van der Waals surface area contributed by atoms with Crippen molar-refractivity contribution in [3.63, 3.8) is 0 Å². The monoisotopic (exact) mass is 396 g/mol. The molecule has 2 aromatic rings. The van der Waals surface area contributed by atoms with E-state index < -0.39 is 5.60 Å². The van der Waals surface area contributed by atoms with Crippen LogP contribution < -0.4 is 10.6 Å². The number of benzene rings is 2. The Labute approximate surface area is 173 Å². The molecule has 6 nitrogen and oxygen atoms in total. The molecule has 0 aliphatic heterocycles. The van der Waals surface area contributed by atoms with Crippen LogP contribution in [-0.2, 0) is 16.9 Å². The number of carbonyl (C=O) groups excluding carboxylic acids is 1. The van der Waals surface area contributed by atoms with E-state index in [0.717, 1.165) is 11.1 Å². The molecule has 0 radical (unpaired) electrons. The van der Waals surface area contributed by atoms with Gasteiger partial charge in [-0.15, -0.1) is 0 Å². The number of guanidine groups is 1. The summed E-state index contributed by atoms with van der Waals surface area (Å²) in [5.74, 6) is 0.469. The first-order valence-corrected chi connectivity index (χ1v) is 10.1. The van der Waals surface area contributed by atoms with Crippen molar-refractivity contribution in [3.05, 3.63) is 71.8 Å². The second-order valence-electron chi connectivity index (χ2n) is 7.08. The number of aliphatic hydroxyl groups is 1. The molecular formula is C23H32N4O2. The topological polar surface area (TPSA) is 77.0 Å². The Morgan fingerprint density at radius 2 is 1.66 bits per heavy atom. The fraction of sp³-hybridized carbons (Fsp3) is 0.391. The van der Waals surface area contributed by atoms with Crippen LogP contribution in [0.1, 0.15) is 31.9 Å². The van der Waals surface area contributed by atoms with Gasteiger partial charge in [0.05, 0.1) is 6.54 Å². The number of hydrogen-bond acceptors (Lipinski definition) is 3. The third-order valence-corrected chi connectivity index (χ3v) is 4.66. The smallest absolute Gasteiger partial charge is 0.244 e. The Morgan fingerprint density at radius 3 is 2.24 bits per heavy atom. The highest BCUT2D eigenvalue weighted by atomic mass is 16.3. The van der Waals surface area contributed by atoms with Crippen molar-refractivity contribution in [1.82, 2.24) is 15.5 Å². The largest absolute Gasteiger partial charge is 0.384 e. The summed E-state index contributed by atoms with van der Waals surface area (Å²) in [5, 5.41) is 17.0. The molecule has 29 heavy (non-hydrogen) atoms. The molecule has 0 aromatic heterocycles. The average Bonchev–Trinajstić information content (AvgIpc) is 2.75. The maximum atomic E-state index is 12.6. The minimum atomic E-state index is -1.05. The first kappa shape index (κ1) is 22.4. The maximum absolute atomic E-state index is 12.6. The molecule has 6 heteroatoms. The summed E-state index contributed by atoms with van der Waals surface area (Å²) in [5.41, 5.74) is 0.861. The normalized spacial score (nSPS) is 13.4. The van der Waals surface area contributed by atoms with Gasteiger partial charge in [-0.1, -0.05) is 60.7 Å². The second kappa shape index (κ2) is 11.2. The van der Waals surface area contributed by atoms with Gasteiger partial charge in [-0.2, -0.15) is 0 Å². The molecule has 1 unspecified atom stereocenters. The zero-order valence-corrected chi connectivity index (χ0v) is 17.6. The highest BCUT2D eigenvalue weighted by molar-refractivity contribution is 5.85. The molecule has 2 rings (SSSR count). The zero-order chi connectivity index (χ0) is 21.1. The van der Waals surface area contributed by atoms with E-state index in [2.05, 4.69) is 15.6 Å². The van der Waals surface area contributed by atoms with Crippen LogP contribution in [0.4, 0.5) is 0 Å². The minimum absolute atomic E-state index is 0.0385. The molecule has 3 N–H and O–H groups in total. The molecule has 0 bridgehead atoms. The summed E-state index contributed by atoms with van der Waals surface area (Å²) in [6, 6.07) is 19.4. The molecule has 2 aromatic carbocycles. The SMILES string of the molecule is CCNC(=NCC(=O)N(CC)Cc1ccccc1)NCC(C)(O)c1ccccc1. The van der Waals surface area contributed by atoms with Gasteiger partial charge in [0.15, 0.2) is 5.96 Å². The van der Waals surface area contributed by atoms with E-state index in [1.54, 1.807) is 11.8 Å². The second-order valence-corrected chi connectivity index (χ2v) is 7.08. The molecule has 1 atom stereocenters. The summed E-state index contributed by atoms with van der Waals surface area (Å²) in [4.78, 5) is 18.8. The van der Waals surface area contributed by atoms with Crippen LogP contribution in [0, 0.1) is 0 Å². The van der Waals surface area contributed by atoms with Crippen molar-refractivity contribution in [2.75, 3.05) is 26.2 Å². The lowest BCUT2D eigenvalue weighted by Crippen LogP contribution is -2.45. The molecule has 156 valence electrons. The maximum Gasteiger partial charge on any atom is 0.244 e. The number of nitrogens with one attached hydrogen (secondary N) is 2. The van der Waals surface area contributed by atoms with E-state index in [-0.39, 0.29) is 19.0 Å². The Hall–Kier alpha value is -2.86. The molecular weight excluding hydrogens is 364 g/mol. The van der Waals surface area contributed by atoms with Crippen LogP contribution in [0.25, 0.3) is 0 Å².